The fourth-order valence-corrected chi connectivity index (χ4v) is 1.63. The monoisotopic (exact) mass is 233 g/mol. The SMILES string of the molecule is Cl.NC1(COC(F)(F)F)CCCCC1. The summed E-state index contributed by atoms with van der Waals surface area (Å²) in [5.74, 6) is 0. The molecule has 6 heteroatoms. The summed E-state index contributed by atoms with van der Waals surface area (Å²) < 4.78 is 38.9. The fraction of sp³-hybridized carbons (Fsp3) is 1.00. The molecule has 0 spiro atoms. The molecule has 1 aliphatic carbocycles. The molecule has 1 aliphatic rings. The van der Waals surface area contributed by atoms with E-state index in [4.69, 9.17) is 5.73 Å². The lowest BCUT2D eigenvalue weighted by Crippen LogP contribution is -2.47. The first-order valence-electron chi connectivity index (χ1n) is 4.41. The Morgan fingerprint density at radius 1 is 1.14 bits per heavy atom. The molecule has 2 nitrogen and oxygen atoms in total. The Hall–Kier alpha value is -0.0000000000000000555. The van der Waals surface area contributed by atoms with Crippen LogP contribution >= 0.6 is 12.4 Å². The van der Waals surface area contributed by atoms with E-state index in [-0.39, 0.29) is 12.4 Å². The smallest absolute Gasteiger partial charge is 0.323 e. The Balaban J connectivity index is 0.00000169. The summed E-state index contributed by atoms with van der Waals surface area (Å²) in [5.41, 5.74) is 4.99. The highest BCUT2D eigenvalue weighted by Crippen LogP contribution is 2.28. The van der Waals surface area contributed by atoms with Crippen molar-refractivity contribution in [3.05, 3.63) is 0 Å². The molecule has 0 aromatic rings. The highest BCUT2D eigenvalue weighted by Gasteiger charge is 2.35. The lowest BCUT2D eigenvalue weighted by molar-refractivity contribution is -0.330. The van der Waals surface area contributed by atoms with Crippen LogP contribution in [0.3, 0.4) is 0 Å². The van der Waals surface area contributed by atoms with Gasteiger partial charge in [0.05, 0.1) is 6.61 Å². The quantitative estimate of drug-likeness (QED) is 0.796. The molecule has 1 saturated carbocycles. The number of hydrogen-bond acceptors (Lipinski definition) is 2. The summed E-state index contributed by atoms with van der Waals surface area (Å²) in [6.07, 6.45) is -0.434. The number of hydrogen-bond donors (Lipinski definition) is 1. The number of alkyl halides is 3. The first-order valence-corrected chi connectivity index (χ1v) is 4.41. The van der Waals surface area contributed by atoms with E-state index < -0.39 is 18.5 Å². The molecule has 1 fully saturated rings. The standard InChI is InChI=1S/C8H14F3NO.ClH/c9-8(10,11)13-6-7(12)4-2-1-3-5-7;/h1-6,12H2;1H. The molecule has 0 saturated heterocycles. The average Bonchev–Trinajstić information content (AvgIpc) is 2.02. The molecule has 14 heavy (non-hydrogen) atoms. The molecule has 0 aliphatic heterocycles. The molecule has 0 aromatic carbocycles. The lowest BCUT2D eigenvalue weighted by Gasteiger charge is -2.33. The maximum Gasteiger partial charge on any atom is 0.522 e. The van der Waals surface area contributed by atoms with E-state index in [1.807, 2.05) is 0 Å². The number of rotatable bonds is 2. The van der Waals surface area contributed by atoms with Gasteiger partial charge in [-0.3, -0.25) is 4.74 Å². The second-order valence-corrected chi connectivity index (χ2v) is 3.66. The van der Waals surface area contributed by atoms with Gasteiger partial charge in [0.15, 0.2) is 0 Å². The van der Waals surface area contributed by atoms with Crippen LogP contribution in [0.2, 0.25) is 0 Å². The zero-order chi connectivity index (χ0) is 9.95. The Kier molecular flexibility index (Phi) is 5.19. The summed E-state index contributed by atoms with van der Waals surface area (Å²) in [7, 11) is 0. The van der Waals surface area contributed by atoms with Crippen molar-refractivity contribution in [1.82, 2.24) is 0 Å². The van der Waals surface area contributed by atoms with Crippen molar-refractivity contribution in [2.45, 2.75) is 44.0 Å². The molecule has 1 rings (SSSR count). The van der Waals surface area contributed by atoms with Crippen LogP contribution in [0.1, 0.15) is 32.1 Å². The number of nitrogens with two attached hydrogens (primary N) is 1. The van der Waals surface area contributed by atoms with Crippen LogP contribution in [0.4, 0.5) is 13.2 Å². The van der Waals surface area contributed by atoms with Crippen molar-refractivity contribution >= 4 is 12.4 Å². The van der Waals surface area contributed by atoms with Crippen LogP contribution < -0.4 is 5.73 Å². The second-order valence-electron chi connectivity index (χ2n) is 3.66. The molecule has 0 unspecified atom stereocenters. The van der Waals surface area contributed by atoms with E-state index >= 15 is 0 Å². The molecular weight excluding hydrogens is 219 g/mol. The van der Waals surface area contributed by atoms with Crippen LogP contribution in [0.15, 0.2) is 0 Å². The van der Waals surface area contributed by atoms with E-state index in [1.54, 1.807) is 0 Å². The minimum atomic E-state index is -4.55. The maximum atomic E-state index is 11.7. The van der Waals surface area contributed by atoms with Crippen LogP contribution in [0, 0.1) is 0 Å². The second kappa shape index (κ2) is 5.19. The fourth-order valence-electron chi connectivity index (χ4n) is 1.63. The summed E-state index contributed by atoms with van der Waals surface area (Å²) in [6.45, 7) is -0.406. The van der Waals surface area contributed by atoms with Gasteiger partial charge in [0.1, 0.15) is 0 Å². The van der Waals surface area contributed by atoms with Crippen molar-refractivity contribution in [1.29, 1.82) is 0 Å². The highest BCUT2D eigenvalue weighted by molar-refractivity contribution is 5.85. The molecule has 2 N–H and O–H groups in total. The highest BCUT2D eigenvalue weighted by atomic mass is 35.5. The molecule has 86 valence electrons. The molecule has 0 bridgehead atoms. The van der Waals surface area contributed by atoms with Gasteiger partial charge in [-0.2, -0.15) is 0 Å². The van der Waals surface area contributed by atoms with Gasteiger partial charge in [-0.25, -0.2) is 0 Å². The van der Waals surface area contributed by atoms with E-state index in [1.165, 1.54) is 0 Å². The Morgan fingerprint density at radius 3 is 2.07 bits per heavy atom. The minimum absolute atomic E-state index is 0. The predicted octanol–water partition coefficient (Wildman–Crippen LogP) is 2.61. The zero-order valence-electron chi connectivity index (χ0n) is 7.77. The Morgan fingerprint density at radius 2 is 1.64 bits per heavy atom. The summed E-state index contributed by atoms with van der Waals surface area (Å²) in [4.78, 5) is 0. The first-order chi connectivity index (χ1) is 5.91. The van der Waals surface area contributed by atoms with Crippen LogP contribution in [-0.4, -0.2) is 18.5 Å². The van der Waals surface area contributed by atoms with Gasteiger partial charge < -0.3 is 5.73 Å². The summed E-state index contributed by atoms with van der Waals surface area (Å²) >= 11 is 0. The normalized spacial score (nSPS) is 21.4. The Bertz CT molecular complexity index is 168. The van der Waals surface area contributed by atoms with E-state index in [2.05, 4.69) is 4.74 Å². The average molecular weight is 234 g/mol. The topological polar surface area (TPSA) is 35.2 Å². The van der Waals surface area contributed by atoms with Crippen LogP contribution in [0.25, 0.3) is 0 Å². The van der Waals surface area contributed by atoms with Gasteiger partial charge in [-0.15, -0.1) is 25.6 Å². The largest absolute Gasteiger partial charge is 0.522 e. The predicted molar refractivity (Wildman–Crippen MR) is 49.3 cm³/mol. The third-order valence-corrected chi connectivity index (χ3v) is 2.37. The summed E-state index contributed by atoms with van der Waals surface area (Å²) in [6, 6.07) is 0. The molecule has 0 radical (unpaired) electrons. The van der Waals surface area contributed by atoms with Gasteiger partial charge in [-0.1, -0.05) is 19.3 Å². The third-order valence-electron chi connectivity index (χ3n) is 2.37. The van der Waals surface area contributed by atoms with Gasteiger partial charge in [-0.05, 0) is 12.8 Å². The van der Waals surface area contributed by atoms with Gasteiger partial charge >= 0.3 is 6.36 Å². The van der Waals surface area contributed by atoms with Crippen LogP contribution in [0.5, 0.6) is 0 Å². The molecule has 0 amide bonds. The van der Waals surface area contributed by atoms with E-state index in [0.717, 1.165) is 19.3 Å². The van der Waals surface area contributed by atoms with E-state index in [0.29, 0.717) is 12.8 Å². The Labute approximate surface area is 87.4 Å². The minimum Gasteiger partial charge on any atom is -0.323 e. The van der Waals surface area contributed by atoms with Gasteiger partial charge in [0.25, 0.3) is 0 Å². The number of halogens is 4. The summed E-state index contributed by atoms with van der Waals surface area (Å²) in [5, 5.41) is 0. The number of ether oxygens (including phenoxy) is 1. The van der Waals surface area contributed by atoms with Crippen LogP contribution in [-0.2, 0) is 4.74 Å². The van der Waals surface area contributed by atoms with Crippen molar-refractivity contribution in [2.24, 2.45) is 5.73 Å². The van der Waals surface area contributed by atoms with Crippen molar-refractivity contribution < 1.29 is 17.9 Å². The molecule has 0 atom stereocenters. The molecular formula is C8H15ClF3NO. The van der Waals surface area contributed by atoms with Crippen molar-refractivity contribution in [3.8, 4) is 0 Å². The molecule has 0 aromatic heterocycles. The zero-order valence-corrected chi connectivity index (χ0v) is 8.59. The molecule has 0 heterocycles. The van der Waals surface area contributed by atoms with Gasteiger partial charge in [0, 0.05) is 5.54 Å². The van der Waals surface area contributed by atoms with Crippen molar-refractivity contribution in [2.75, 3.05) is 6.61 Å². The van der Waals surface area contributed by atoms with Crippen molar-refractivity contribution in [3.63, 3.8) is 0 Å². The third kappa shape index (κ3) is 5.02. The van der Waals surface area contributed by atoms with Gasteiger partial charge in [0.2, 0.25) is 0 Å². The first kappa shape index (κ1) is 14.0. The van der Waals surface area contributed by atoms with E-state index in [9.17, 15) is 13.2 Å². The lowest BCUT2D eigenvalue weighted by atomic mass is 9.83. The maximum absolute atomic E-state index is 11.7.